The summed E-state index contributed by atoms with van der Waals surface area (Å²) in [5, 5.41) is 2.23. The monoisotopic (exact) mass is 705 g/mol. The Bertz CT molecular complexity index is 2970. The maximum absolute atomic E-state index is 7.19. The van der Waals surface area contributed by atoms with Crippen molar-refractivity contribution >= 4 is 39.0 Å². The summed E-state index contributed by atoms with van der Waals surface area (Å²) in [7, 11) is 0. The molecule has 55 heavy (non-hydrogen) atoms. The van der Waals surface area contributed by atoms with Gasteiger partial charge in [0.05, 0.1) is 16.8 Å². The Morgan fingerprint density at radius 1 is 0.473 bits per heavy atom. The van der Waals surface area contributed by atoms with Crippen molar-refractivity contribution in [2.45, 2.75) is 31.6 Å². The zero-order valence-corrected chi connectivity index (χ0v) is 31.2. The SMILES string of the molecule is CC(C)(C)c1ccc2c(c1)C1(c3ccccc3-2)c2ccccc2-c2cc3c(oc4ccccc43)c(N(c3ccccc3)c3ccccc3-c3ccccc3)c21. The van der Waals surface area contributed by atoms with Crippen molar-refractivity contribution in [3.05, 3.63) is 210 Å². The smallest absolute Gasteiger partial charge is 0.159 e. The third-order valence-electron chi connectivity index (χ3n) is 12.0. The number of anilines is 3. The molecule has 1 spiro atoms. The highest BCUT2D eigenvalue weighted by atomic mass is 16.3. The molecule has 9 aromatic rings. The molecule has 2 heteroatoms. The van der Waals surface area contributed by atoms with Gasteiger partial charge in [-0.3, -0.25) is 0 Å². The van der Waals surface area contributed by atoms with Gasteiger partial charge in [-0.05, 0) is 85.8 Å². The maximum Gasteiger partial charge on any atom is 0.159 e. The number of benzene rings is 8. The van der Waals surface area contributed by atoms with Crippen LogP contribution in [-0.4, -0.2) is 0 Å². The predicted molar refractivity (Wildman–Crippen MR) is 229 cm³/mol. The molecule has 0 radical (unpaired) electrons. The van der Waals surface area contributed by atoms with Gasteiger partial charge in [0.2, 0.25) is 0 Å². The first kappa shape index (κ1) is 31.8. The molecule has 0 saturated heterocycles. The van der Waals surface area contributed by atoms with Gasteiger partial charge in [0.25, 0.3) is 0 Å². The maximum atomic E-state index is 7.19. The quantitative estimate of drug-likeness (QED) is 0.181. The number of fused-ring (bicyclic) bond motifs is 13. The van der Waals surface area contributed by atoms with E-state index in [0.717, 1.165) is 50.1 Å². The minimum Gasteiger partial charge on any atom is -0.454 e. The zero-order chi connectivity index (χ0) is 36.9. The summed E-state index contributed by atoms with van der Waals surface area (Å²) in [6, 6.07) is 66.8. The van der Waals surface area contributed by atoms with Crippen LogP contribution in [0.5, 0.6) is 0 Å². The molecule has 262 valence electrons. The van der Waals surface area contributed by atoms with Crippen LogP contribution < -0.4 is 4.90 Å². The Hall–Kier alpha value is -6.64. The van der Waals surface area contributed by atoms with Crippen LogP contribution in [0.2, 0.25) is 0 Å². The molecule has 2 aliphatic carbocycles. The van der Waals surface area contributed by atoms with E-state index in [2.05, 4.69) is 208 Å². The second kappa shape index (κ2) is 11.7. The second-order valence-electron chi connectivity index (χ2n) is 16.0. The summed E-state index contributed by atoms with van der Waals surface area (Å²) in [5.74, 6) is 0. The molecule has 0 bridgehead atoms. The summed E-state index contributed by atoms with van der Waals surface area (Å²) in [6.45, 7) is 6.96. The van der Waals surface area contributed by atoms with Crippen LogP contribution in [-0.2, 0) is 10.8 Å². The number of para-hydroxylation sites is 3. The molecule has 2 nitrogen and oxygen atoms in total. The van der Waals surface area contributed by atoms with Gasteiger partial charge in [-0.1, -0.05) is 172 Å². The molecule has 0 fully saturated rings. The van der Waals surface area contributed by atoms with Gasteiger partial charge in [0.15, 0.2) is 5.58 Å². The van der Waals surface area contributed by atoms with E-state index in [9.17, 15) is 0 Å². The number of hydrogen-bond donors (Lipinski definition) is 0. The van der Waals surface area contributed by atoms with E-state index in [1.54, 1.807) is 0 Å². The molecule has 0 amide bonds. The average Bonchev–Trinajstić information content (AvgIpc) is 3.85. The lowest BCUT2D eigenvalue weighted by molar-refractivity contribution is 0.588. The lowest BCUT2D eigenvalue weighted by Crippen LogP contribution is -2.29. The number of furan rings is 1. The van der Waals surface area contributed by atoms with Crippen molar-refractivity contribution in [1.29, 1.82) is 0 Å². The Morgan fingerprint density at radius 2 is 1.05 bits per heavy atom. The summed E-state index contributed by atoms with van der Waals surface area (Å²) in [5.41, 5.74) is 18.3. The first-order valence-corrected chi connectivity index (χ1v) is 19.3. The van der Waals surface area contributed by atoms with Crippen LogP contribution in [0.25, 0.3) is 55.3 Å². The third kappa shape index (κ3) is 4.43. The fourth-order valence-corrected chi connectivity index (χ4v) is 9.63. The molecule has 0 N–H and O–H groups in total. The van der Waals surface area contributed by atoms with Gasteiger partial charge >= 0.3 is 0 Å². The highest BCUT2D eigenvalue weighted by Crippen LogP contribution is 2.67. The van der Waals surface area contributed by atoms with Gasteiger partial charge in [-0.15, -0.1) is 0 Å². The van der Waals surface area contributed by atoms with Crippen molar-refractivity contribution in [1.82, 2.24) is 0 Å². The Kier molecular flexibility index (Phi) is 6.76. The van der Waals surface area contributed by atoms with Crippen molar-refractivity contribution in [3.8, 4) is 33.4 Å². The summed E-state index contributed by atoms with van der Waals surface area (Å²) in [6.07, 6.45) is 0. The van der Waals surface area contributed by atoms with Crippen LogP contribution in [0.15, 0.2) is 186 Å². The van der Waals surface area contributed by atoms with Crippen molar-refractivity contribution in [2.24, 2.45) is 0 Å². The number of nitrogens with zero attached hydrogens (tertiary/aromatic N) is 1. The van der Waals surface area contributed by atoms with Gasteiger partial charge in [0.1, 0.15) is 5.58 Å². The number of hydrogen-bond acceptors (Lipinski definition) is 2. The van der Waals surface area contributed by atoms with Gasteiger partial charge in [0, 0.05) is 27.6 Å². The average molecular weight is 706 g/mol. The third-order valence-corrected chi connectivity index (χ3v) is 12.0. The van der Waals surface area contributed by atoms with Gasteiger partial charge in [-0.25, -0.2) is 0 Å². The minimum absolute atomic E-state index is 0.0395. The summed E-state index contributed by atoms with van der Waals surface area (Å²) in [4.78, 5) is 2.49. The van der Waals surface area contributed by atoms with Gasteiger partial charge in [-0.2, -0.15) is 0 Å². The Labute approximate surface area is 322 Å². The molecule has 8 aromatic carbocycles. The largest absolute Gasteiger partial charge is 0.454 e. The zero-order valence-electron chi connectivity index (χ0n) is 31.2. The summed E-state index contributed by atoms with van der Waals surface area (Å²) >= 11 is 0. The van der Waals surface area contributed by atoms with Crippen LogP contribution in [0, 0.1) is 0 Å². The molecule has 1 unspecified atom stereocenters. The Morgan fingerprint density at radius 3 is 1.78 bits per heavy atom. The molecule has 1 heterocycles. The first-order chi connectivity index (χ1) is 26.9. The second-order valence-corrected chi connectivity index (χ2v) is 16.0. The fraction of sp³-hybridized carbons (Fsp3) is 0.0943. The highest BCUT2D eigenvalue weighted by molar-refractivity contribution is 6.16. The highest BCUT2D eigenvalue weighted by Gasteiger charge is 2.54. The van der Waals surface area contributed by atoms with E-state index < -0.39 is 5.41 Å². The molecule has 1 atom stereocenters. The van der Waals surface area contributed by atoms with E-state index in [-0.39, 0.29) is 5.41 Å². The molecule has 11 rings (SSSR count). The fourth-order valence-electron chi connectivity index (χ4n) is 9.63. The Balaban J connectivity index is 1.38. The lowest BCUT2D eigenvalue weighted by atomic mass is 9.69. The van der Waals surface area contributed by atoms with Crippen molar-refractivity contribution in [3.63, 3.8) is 0 Å². The van der Waals surface area contributed by atoms with E-state index in [0.29, 0.717) is 0 Å². The molecule has 1 aromatic heterocycles. The van der Waals surface area contributed by atoms with Crippen molar-refractivity contribution in [2.75, 3.05) is 4.90 Å². The van der Waals surface area contributed by atoms with E-state index in [1.807, 2.05) is 0 Å². The first-order valence-electron chi connectivity index (χ1n) is 19.3. The molecule has 0 aliphatic heterocycles. The molecular weight excluding hydrogens is 667 g/mol. The van der Waals surface area contributed by atoms with E-state index >= 15 is 0 Å². The minimum atomic E-state index is -0.615. The topological polar surface area (TPSA) is 16.4 Å². The predicted octanol–water partition coefficient (Wildman–Crippen LogP) is 14.4. The standard InChI is InChI=1S/C53H39NO/c1-52(2,3)35-30-31-40-38-23-10-14-26-44(38)53(46(40)32-35)45-27-15-11-24-39(45)42-33-43-41-25-13-17-29-48(41)55-51(43)50(49(42)53)54(36-20-8-5-9-21-36)47-28-16-12-22-37(47)34-18-6-4-7-19-34/h4-33H,1-3H3. The van der Waals surface area contributed by atoms with Crippen LogP contribution in [0.4, 0.5) is 17.1 Å². The van der Waals surface area contributed by atoms with Crippen LogP contribution in [0.3, 0.4) is 0 Å². The normalized spacial score (nSPS) is 15.3. The van der Waals surface area contributed by atoms with E-state index in [4.69, 9.17) is 4.42 Å². The van der Waals surface area contributed by atoms with Crippen molar-refractivity contribution < 1.29 is 4.42 Å². The van der Waals surface area contributed by atoms with Crippen LogP contribution in [0.1, 0.15) is 48.6 Å². The molecular formula is C53H39NO. The molecule has 0 saturated carbocycles. The summed E-state index contributed by atoms with van der Waals surface area (Å²) < 4.78 is 7.19. The van der Waals surface area contributed by atoms with Gasteiger partial charge < -0.3 is 9.32 Å². The van der Waals surface area contributed by atoms with E-state index in [1.165, 1.54) is 50.1 Å². The molecule has 2 aliphatic rings. The number of rotatable bonds is 4. The van der Waals surface area contributed by atoms with Crippen LogP contribution >= 0.6 is 0 Å². The lowest BCUT2D eigenvalue weighted by Gasteiger charge is -2.36.